The van der Waals surface area contributed by atoms with Gasteiger partial charge in [-0.3, -0.25) is 9.21 Å². The molecule has 0 bridgehead atoms. The lowest BCUT2D eigenvalue weighted by Crippen LogP contribution is -2.36. The van der Waals surface area contributed by atoms with E-state index in [0.29, 0.717) is 13.1 Å². The van der Waals surface area contributed by atoms with Gasteiger partial charge < -0.3 is 19.4 Å². The number of amides is 2. The first-order valence-corrected chi connectivity index (χ1v) is 16.5. The molecular weight excluding hydrogens is 588 g/mol. The Kier molecular flexibility index (Phi) is 8.32. The summed E-state index contributed by atoms with van der Waals surface area (Å²) in [6, 6.07) is 14.5. The van der Waals surface area contributed by atoms with Gasteiger partial charge in [-0.1, -0.05) is 30.3 Å². The van der Waals surface area contributed by atoms with Gasteiger partial charge in [-0.2, -0.15) is 0 Å². The van der Waals surface area contributed by atoms with Crippen LogP contribution < -0.4 is 0 Å². The molecule has 0 radical (unpaired) electrons. The fraction of sp³-hybridized carbons (Fsp3) is 0.471. The molecule has 45 heavy (non-hydrogen) atoms. The SMILES string of the molecule is CC(C)(C)OC(=O)N1CCC[C@@H](c2nc3ccc(-c4ccc(-c5cnc([C@@H]6CCCN6C(=O)OC(C)(C)C)[nH]5)cc4)cc3[nH]2)S1. The van der Waals surface area contributed by atoms with Crippen molar-refractivity contribution in [3.8, 4) is 22.4 Å². The monoisotopic (exact) mass is 630 g/mol. The number of benzene rings is 2. The number of aromatic nitrogens is 4. The second-order valence-electron chi connectivity index (χ2n) is 13.8. The molecule has 2 N–H and O–H groups in total. The van der Waals surface area contributed by atoms with Crippen LogP contribution in [0.4, 0.5) is 9.59 Å². The quantitative estimate of drug-likeness (QED) is 0.217. The average molecular weight is 631 g/mol. The third-order valence-electron chi connectivity index (χ3n) is 7.81. The van der Waals surface area contributed by atoms with E-state index in [2.05, 4.69) is 51.4 Å². The van der Waals surface area contributed by atoms with Crippen LogP contribution in [-0.2, 0) is 9.47 Å². The standard InChI is InChI=1S/C34H42N6O4S/c1-33(2,3)43-31(41)39-17-7-9-27(39)29-35-20-26(38-29)22-13-11-21(12-14-22)23-15-16-24-25(19-23)37-30(36-24)28-10-8-18-40(45-28)32(42)44-34(4,5)6/h11-16,19-20,27-28H,7-10,17-18H2,1-6H3,(H,35,38)(H,36,37)/t27-,28-/m0/s1. The van der Waals surface area contributed by atoms with E-state index in [0.717, 1.165) is 70.7 Å². The van der Waals surface area contributed by atoms with E-state index in [1.54, 1.807) is 9.21 Å². The summed E-state index contributed by atoms with van der Waals surface area (Å²) in [4.78, 5) is 43.7. The average Bonchev–Trinajstić information content (AvgIpc) is 3.75. The normalized spacial score (nSPS) is 19.2. The van der Waals surface area contributed by atoms with Crippen LogP contribution in [0.15, 0.2) is 48.7 Å². The summed E-state index contributed by atoms with van der Waals surface area (Å²) in [6.07, 6.45) is 4.84. The van der Waals surface area contributed by atoms with Crippen LogP contribution in [0.5, 0.6) is 0 Å². The molecule has 2 atom stereocenters. The lowest BCUT2D eigenvalue weighted by atomic mass is 10.0. The van der Waals surface area contributed by atoms with Crippen LogP contribution in [0.1, 0.15) is 90.2 Å². The lowest BCUT2D eigenvalue weighted by Gasteiger charge is -2.32. The van der Waals surface area contributed by atoms with Crippen LogP contribution in [-0.4, -0.2) is 65.6 Å². The molecule has 2 aliphatic heterocycles. The molecule has 0 saturated carbocycles. The lowest BCUT2D eigenvalue weighted by molar-refractivity contribution is 0.0218. The molecular formula is C34H42N6O4S. The van der Waals surface area contributed by atoms with Gasteiger partial charge in [0.1, 0.15) is 22.9 Å². The molecule has 2 amide bonds. The van der Waals surface area contributed by atoms with Crippen molar-refractivity contribution in [3.63, 3.8) is 0 Å². The maximum absolute atomic E-state index is 12.8. The van der Waals surface area contributed by atoms with Crippen LogP contribution in [0.25, 0.3) is 33.4 Å². The molecule has 238 valence electrons. The van der Waals surface area contributed by atoms with Gasteiger partial charge in [0.15, 0.2) is 0 Å². The minimum absolute atomic E-state index is 0.0566. The van der Waals surface area contributed by atoms with Gasteiger partial charge in [-0.25, -0.2) is 19.6 Å². The smallest absolute Gasteiger partial charge is 0.420 e. The molecule has 2 aromatic heterocycles. The highest BCUT2D eigenvalue weighted by Gasteiger charge is 2.35. The zero-order chi connectivity index (χ0) is 31.9. The van der Waals surface area contributed by atoms with E-state index < -0.39 is 11.2 Å². The number of nitrogens with zero attached hydrogens (tertiary/aromatic N) is 4. The van der Waals surface area contributed by atoms with E-state index in [1.807, 2.05) is 53.8 Å². The highest BCUT2D eigenvalue weighted by atomic mass is 32.2. The van der Waals surface area contributed by atoms with E-state index in [1.165, 1.54) is 11.9 Å². The number of fused-ring (bicyclic) bond motifs is 1. The van der Waals surface area contributed by atoms with Gasteiger partial charge in [0.2, 0.25) is 0 Å². The first-order valence-electron chi connectivity index (χ1n) is 15.7. The van der Waals surface area contributed by atoms with Crippen molar-refractivity contribution >= 4 is 35.2 Å². The number of nitrogens with one attached hydrogen (secondary N) is 2. The summed E-state index contributed by atoms with van der Waals surface area (Å²) in [6.45, 7) is 12.6. The van der Waals surface area contributed by atoms with Crippen molar-refractivity contribution < 1.29 is 19.1 Å². The molecule has 2 fully saturated rings. The molecule has 4 heterocycles. The molecule has 2 aliphatic rings. The number of hydrogen-bond acceptors (Lipinski definition) is 7. The number of carbonyl (C=O) groups excluding carboxylic acids is 2. The zero-order valence-electron chi connectivity index (χ0n) is 26.8. The van der Waals surface area contributed by atoms with Crippen molar-refractivity contribution in [1.82, 2.24) is 29.1 Å². The molecule has 2 saturated heterocycles. The van der Waals surface area contributed by atoms with Gasteiger partial charge in [-0.15, -0.1) is 0 Å². The molecule has 6 rings (SSSR count). The summed E-state index contributed by atoms with van der Waals surface area (Å²) in [7, 11) is 0. The Morgan fingerprint density at radius 1 is 0.822 bits per heavy atom. The van der Waals surface area contributed by atoms with Gasteiger partial charge in [0, 0.05) is 13.1 Å². The largest absolute Gasteiger partial charge is 0.444 e. The minimum atomic E-state index is -0.538. The Balaban J connectivity index is 1.14. The Bertz CT molecular complexity index is 1680. The fourth-order valence-corrected chi connectivity index (χ4v) is 6.91. The second kappa shape index (κ2) is 12.1. The van der Waals surface area contributed by atoms with Crippen LogP contribution >= 0.6 is 11.9 Å². The number of carbonyl (C=O) groups is 2. The third-order valence-corrected chi connectivity index (χ3v) is 9.11. The van der Waals surface area contributed by atoms with E-state index >= 15 is 0 Å². The maximum atomic E-state index is 12.8. The molecule has 10 nitrogen and oxygen atoms in total. The maximum Gasteiger partial charge on any atom is 0.420 e. The van der Waals surface area contributed by atoms with Crippen LogP contribution in [0.2, 0.25) is 0 Å². The summed E-state index contributed by atoms with van der Waals surface area (Å²) >= 11 is 1.49. The van der Waals surface area contributed by atoms with Gasteiger partial charge in [-0.05, 0) is 108 Å². The Morgan fingerprint density at radius 3 is 2.22 bits per heavy atom. The van der Waals surface area contributed by atoms with E-state index in [4.69, 9.17) is 14.5 Å². The fourth-order valence-electron chi connectivity index (χ4n) is 5.76. The summed E-state index contributed by atoms with van der Waals surface area (Å²) in [5, 5.41) is 0.0566. The van der Waals surface area contributed by atoms with Crippen LogP contribution in [0.3, 0.4) is 0 Å². The highest BCUT2D eigenvalue weighted by molar-refractivity contribution is 7.97. The molecule has 11 heteroatoms. The summed E-state index contributed by atoms with van der Waals surface area (Å²) < 4.78 is 12.9. The number of H-pyrrole nitrogens is 2. The Hall–Kier alpha value is -3.99. The number of ether oxygens (including phenoxy) is 2. The van der Waals surface area contributed by atoms with Crippen molar-refractivity contribution in [2.24, 2.45) is 0 Å². The highest BCUT2D eigenvalue weighted by Crippen LogP contribution is 2.40. The predicted molar refractivity (Wildman–Crippen MR) is 177 cm³/mol. The van der Waals surface area contributed by atoms with E-state index in [9.17, 15) is 9.59 Å². The summed E-state index contributed by atoms with van der Waals surface area (Å²) in [5.74, 6) is 1.65. The molecule has 0 spiro atoms. The van der Waals surface area contributed by atoms with Gasteiger partial charge in [0.05, 0.1) is 34.2 Å². The molecule has 4 aromatic rings. The summed E-state index contributed by atoms with van der Waals surface area (Å²) in [5.41, 5.74) is 4.90. The molecule has 0 aliphatic carbocycles. The second-order valence-corrected chi connectivity index (χ2v) is 15.0. The number of aromatic amines is 2. The number of rotatable bonds is 4. The van der Waals surface area contributed by atoms with Gasteiger partial charge >= 0.3 is 12.2 Å². The first kappa shape index (κ1) is 31.0. The Morgan fingerprint density at radius 2 is 1.49 bits per heavy atom. The van der Waals surface area contributed by atoms with Crippen molar-refractivity contribution in [2.75, 3.05) is 13.1 Å². The number of hydrogen-bond donors (Lipinski definition) is 2. The van der Waals surface area contributed by atoms with Crippen LogP contribution in [0, 0.1) is 0 Å². The van der Waals surface area contributed by atoms with Gasteiger partial charge in [0.25, 0.3) is 0 Å². The van der Waals surface area contributed by atoms with E-state index in [-0.39, 0.29) is 23.5 Å². The Labute approximate surface area is 268 Å². The van der Waals surface area contributed by atoms with Crippen molar-refractivity contribution in [1.29, 1.82) is 0 Å². The zero-order valence-corrected chi connectivity index (χ0v) is 27.7. The molecule has 0 unspecified atom stereocenters. The topological polar surface area (TPSA) is 116 Å². The minimum Gasteiger partial charge on any atom is -0.444 e. The van der Waals surface area contributed by atoms with Crippen molar-refractivity contribution in [2.45, 2.75) is 89.7 Å². The number of imidazole rings is 2. The van der Waals surface area contributed by atoms with Crippen molar-refractivity contribution in [3.05, 3.63) is 60.3 Å². The first-order chi connectivity index (χ1) is 21.3. The third kappa shape index (κ3) is 7.13. The number of likely N-dealkylation sites (tertiary alicyclic amines) is 1. The predicted octanol–water partition coefficient (Wildman–Crippen LogP) is 8.41. The molecule has 2 aromatic carbocycles.